The number of amides is 2. The van der Waals surface area contributed by atoms with Crippen LogP contribution in [-0.2, 0) is 40.2 Å². The summed E-state index contributed by atoms with van der Waals surface area (Å²) in [6, 6.07) is 20.4. The van der Waals surface area contributed by atoms with E-state index in [-0.39, 0.29) is 30.8 Å². The van der Waals surface area contributed by atoms with E-state index in [9.17, 15) is 23.9 Å². The Kier molecular flexibility index (Phi) is 8.16. The van der Waals surface area contributed by atoms with Crippen molar-refractivity contribution < 1.29 is 23.9 Å². The van der Waals surface area contributed by atoms with Crippen LogP contribution in [0.5, 0.6) is 0 Å². The minimum absolute atomic E-state index is 0.00947. The molecular weight excluding hydrogens is 533 g/mol. The van der Waals surface area contributed by atoms with Crippen molar-refractivity contribution in [1.29, 1.82) is 0 Å². The molecule has 0 fully saturated rings. The van der Waals surface area contributed by atoms with Crippen LogP contribution in [0.15, 0.2) is 72.8 Å². The quantitative estimate of drug-likeness (QED) is 0.255. The van der Waals surface area contributed by atoms with Gasteiger partial charge in [-0.15, -0.1) is 0 Å². The van der Waals surface area contributed by atoms with Crippen molar-refractivity contribution in [1.82, 2.24) is 9.88 Å². The highest BCUT2D eigenvalue weighted by Gasteiger charge is 2.30. The number of carbonyl (C=O) groups excluding carboxylic acids is 2. The summed E-state index contributed by atoms with van der Waals surface area (Å²) in [7, 11) is 0. The molecule has 1 heterocycles. The third kappa shape index (κ3) is 6.34. The van der Waals surface area contributed by atoms with Gasteiger partial charge in [0.2, 0.25) is 11.8 Å². The maximum Gasteiger partial charge on any atom is 0.323 e. The number of fused-ring (bicyclic) bond motifs is 3. The first-order chi connectivity index (χ1) is 19.3. The maximum atomic E-state index is 14.2. The Labute approximate surface area is 236 Å². The summed E-state index contributed by atoms with van der Waals surface area (Å²) in [6.45, 7) is -0.212. The first-order valence-corrected chi connectivity index (χ1v) is 13.6. The number of anilines is 1. The Balaban J connectivity index is 1.34. The van der Waals surface area contributed by atoms with E-state index in [2.05, 4.69) is 10.6 Å². The van der Waals surface area contributed by atoms with Crippen LogP contribution in [0.4, 0.5) is 10.1 Å². The van der Waals surface area contributed by atoms with Gasteiger partial charge in [0.1, 0.15) is 12.4 Å². The Morgan fingerprint density at radius 3 is 2.52 bits per heavy atom. The molecule has 206 valence electrons. The molecule has 3 aromatic carbocycles. The third-order valence-corrected chi connectivity index (χ3v) is 7.58. The van der Waals surface area contributed by atoms with E-state index in [0.717, 1.165) is 16.8 Å². The number of aromatic nitrogens is 1. The van der Waals surface area contributed by atoms with E-state index in [1.807, 2.05) is 30.3 Å². The normalized spacial score (nSPS) is 15.3. The van der Waals surface area contributed by atoms with Gasteiger partial charge in [0.15, 0.2) is 0 Å². The molecule has 0 radical (unpaired) electrons. The summed E-state index contributed by atoms with van der Waals surface area (Å²) >= 11 is 5.94. The van der Waals surface area contributed by atoms with E-state index >= 15 is 0 Å². The largest absolute Gasteiger partial charge is 0.480 e. The summed E-state index contributed by atoms with van der Waals surface area (Å²) in [6.07, 6.45) is 1.98. The van der Waals surface area contributed by atoms with Crippen molar-refractivity contribution in [3.8, 4) is 0 Å². The van der Waals surface area contributed by atoms with Crippen LogP contribution in [0.2, 0.25) is 5.02 Å². The summed E-state index contributed by atoms with van der Waals surface area (Å²) in [5.74, 6) is -2.49. The first-order valence-electron chi connectivity index (χ1n) is 13.2. The minimum Gasteiger partial charge on any atom is -0.480 e. The Hall–Kier alpha value is -4.17. The molecule has 1 aliphatic carbocycles. The summed E-state index contributed by atoms with van der Waals surface area (Å²) in [5.41, 5.74) is 3.92. The summed E-state index contributed by atoms with van der Waals surface area (Å²) < 4.78 is 15.9. The van der Waals surface area contributed by atoms with Crippen molar-refractivity contribution in [3.05, 3.63) is 100 Å². The zero-order chi connectivity index (χ0) is 28.2. The molecule has 3 N–H and O–H groups in total. The molecule has 0 spiro atoms. The number of carbonyl (C=O) groups is 3. The fourth-order valence-electron chi connectivity index (χ4n) is 5.51. The van der Waals surface area contributed by atoms with Gasteiger partial charge in [0.25, 0.3) is 0 Å². The van der Waals surface area contributed by atoms with Crippen LogP contribution >= 0.6 is 11.6 Å². The molecule has 1 unspecified atom stereocenters. The highest BCUT2D eigenvalue weighted by Crippen LogP contribution is 2.33. The van der Waals surface area contributed by atoms with Crippen molar-refractivity contribution >= 4 is 46.0 Å². The van der Waals surface area contributed by atoms with E-state index in [0.29, 0.717) is 47.3 Å². The number of halogens is 2. The molecule has 2 atom stereocenters. The number of carboxylic acid groups (broad SMARTS) is 1. The fraction of sp³-hybridized carbons (Fsp3) is 0.258. The van der Waals surface area contributed by atoms with Gasteiger partial charge in [0, 0.05) is 39.8 Å². The van der Waals surface area contributed by atoms with Gasteiger partial charge in [-0.25, -0.2) is 4.39 Å². The number of carboxylic acids is 1. The Morgan fingerprint density at radius 1 is 1.05 bits per heavy atom. The second-order valence-electron chi connectivity index (χ2n) is 10.2. The van der Waals surface area contributed by atoms with Gasteiger partial charge in [-0.1, -0.05) is 41.9 Å². The first kappa shape index (κ1) is 27.4. The molecule has 9 heteroatoms. The van der Waals surface area contributed by atoms with E-state index in [1.54, 1.807) is 34.9 Å². The Bertz CT molecular complexity index is 1550. The molecule has 0 saturated heterocycles. The fourth-order valence-corrected chi connectivity index (χ4v) is 5.63. The molecule has 40 heavy (non-hydrogen) atoms. The molecule has 1 aromatic heterocycles. The molecule has 0 aliphatic heterocycles. The molecular formula is C31H29ClFN3O4. The molecule has 5 rings (SSSR count). The summed E-state index contributed by atoms with van der Waals surface area (Å²) in [4.78, 5) is 38.0. The number of hydrogen-bond acceptors (Lipinski definition) is 3. The number of rotatable bonds is 9. The number of nitrogens with one attached hydrogen (secondary N) is 2. The van der Waals surface area contributed by atoms with E-state index in [1.165, 1.54) is 12.1 Å². The third-order valence-electron chi connectivity index (χ3n) is 7.32. The van der Waals surface area contributed by atoms with Crippen molar-refractivity contribution in [2.24, 2.45) is 5.92 Å². The van der Waals surface area contributed by atoms with Gasteiger partial charge in [-0.2, -0.15) is 0 Å². The standard InChI is InChI=1S/C31H29ClFN3O4/c32-21-6-9-23(10-7-21)34-29(37)15-20(14-19-4-2-1-3-5-19)31(40)35-24-11-13-28-26(17-24)25-16-22(33)8-12-27(25)36(28)18-30(38)39/h1-10,12,16,20,24H,11,13-15,17-18H2,(H,34,37)(H,35,40)(H,38,39)/t20?,24-/m0/s1. The smallest absolute Gasteiger partial charge is 0.323 e. The second-order valence-corrected chi connectivity index (χ2v) is 10.6. The number of nitrogens with zero attached hydrogens (tertiary/aromatic N) is 1. The molecule has 4 aromatic rings. The topological polar surface area (TPSA) is 100 Å². The van der Waals surface area contributed by atoms with Crippen LogP contribution < -0.4 is 10.6 Å². The average molecular weight is 562 g/mol. The zero-order valence-corrected chi connectivity index (χ0v) is 22.5. The highest BCUT2D eigenvalue weighted by molar-refractivity contribution is 6.30. The van der Waals surface area contributed by atoms with Crippen molar-refractivity contribution in [3.63, 3.8) is 0 Å². The van der Waals surface area contributed by atoms with Gasteiger partial charge >= 0.3 is 5.97 Å². The van der Waals surface area contributed by atoms with Crippen LogP contribution in [0.25, 0.3) is 10.9 Å². The lowest BCUT2D eigenvalue weighted by atomic mass is 9.89. The zero-order valence-electron chi connectivity index (χ0n) is 21.7. The van der Waals surface area contributed by atoms with Crippen LogP contribution in [0, 0.1) is 11.7 Å². The SMILES string of the molecule is O=C(O)Cn1c2c(c3cc(F)ccc31)C[C@@H](NC(=O)C(CC(=O)Nc1ccc(Cl)cc1)Cc1ccccc1)CC2. The minimum atomic E-state index is -0.972. The predicted octanol–water partition coefficient (Wildman–Crippen LogP) is 5.38. The maximum absolute atomic E-state index is 14.2. The lowest BCUT2D eigenvalue weighted by Crippen LogP contribution is -2.43. The molecule has 0 saturated carbocycles. The summed E-state index contributed by atoms with van der Waals surface area (Å²) in [5, 5.41) is 16.6. The average Bonchev–Trinajstić information content (AvgIpc) is 3.21. The molecule has 1 aliphatic rings. The van der Waals surface area contributed by atoms with Gasteiger partial charge in [0.05, 0.1) is 5.92 Å². The lowest BCUT2D eigenvalue weighted by molar-refractivity contribution is -0.137. The highest BCUT2D eigenvalue weighted by atomic mass is 35.5. The van der Waals surface area contributed by atoms with Crippen molar-refractivity contribution in [2.45, 2.75) is 44.7 Å². The van der Waals surface area contributed by atoms with Crippen LogP contribution in [0.3, 0.4) is 0 Å². The Morgan fingerprint density at radius 2 is 1.80 bits per heavy atom. The molecule has 2 amide bonds. The van der Waals surface area contributed by atoms with Gasteiger partial charge < -0.3 is 20.3 Å². The number of hydrogen-bond donors (Lipinski definition) is 3. The monoisotopic (exact) mass is 561 g/mol. The van der Waals surface area contributed by atoms with E-state index < -0.39 is 17.7 Å². The van der Waals surface area contributed by atoms with Crippen molar-refractivity contribution in [2.75, 3.05) is 5.32 Å². The predicted molar refractivity (Wildman–Crippen MR) is 152 cm³/mol. The second kappa shape index (κ2) is 11.9. The molecule has 7 nitrogen and oxygen atoms in total. The molecule has 0 bridgehead atoms. The number of aliphatic carboxylic acids is 1. The number of benzene rings is 3. The van der Waals surface area contributed by atoms with Crippen LogP contribution in [0.1, 0.15) is 29.7 Å². The van der Waals surface area contributed by atoms with Crippen LogP contribution in [-0.4, -0.2) is 33.5 Å². The van der Waals surface area contributed by atoms with E-state index in [4.69, 9.17) is 11.6 Å². The van der Waals surface area contributed by atoms with Gasteiger partial charge in [-0.05, 0) is 79.3 Å². The van der Waals surface area contributed by atoms with Gasteiger partial charge in [-0.3, -0.25) is 14.4 Å². The lowest BCUT2D eigenvalue weighted by Gasteiger charge is -2.27.